The van der Waals surface area contributed by atoms with E-state index < -0.39 is 0 Å². The number of nitrogens with zero attached hydrogens (tertiary/aromatic N) is 3. The number of rotatable bonds is 5. The van der Waals surface area contributed by atoms with Crippen LogP contribution in [0, 0.1) is 17.2 Å². The number of nitriles is 1. The van der Waals surface area contributed by atoms with Gasteiger partial charge in [-0.3, -0.25) is 4.90 Å². The van der Waals surface area contributed by atoms with Crippen LogP contribution in [-0.4, -0.2) is 40.7 Å². The molecular formula is C19H22N4O. The number of anilines is 1. The fraction of sp³-hybridized carbons (Fsp3) is 0.368. The Hall–Kier alpha value is -2.42. The maximum atomic E-state index is 9.70. The van der Waals surface area contributed by atoms with Crippen molar-refractivity contribution < 1.29 is 5.11 Å². The topological polar surface area (TPSA) is 72.2 Å². The van der Waals surface area contributed by atoms with Gasteiger partial charge >= 0.3 is 0 Å². The smallest absolute Gasteiger partial charge is 0.144 e. The molecule has 2 heterocycles. The summed E-state index contributed by atoms with van der Waals surface area (Å²) in [5, 5.41) is 22.3. The number of hydrogen-bond donors (Lipinski definition) is 2. The molecule has 1 aromatic carbocycles. The number of likely N-dealkylation sites (tertiary alicyclic amines) is 1. The Labute approximate surface area is 142 Å². The van der Waals surface area contributed by atoms with Gasteiger partial charge in [0, 0.05) is 37.9 Å². The zero-order chi connectivity index (χ0) is 16.8. The molecule has 124 valence electrons. The van der Waals surface area contributed by atoms with Crippen LogP contribution < -0.4 is 5.32 Å². The van der Waals surface area contributed by atoms with Gasteiger partial charge in [0.2, 0.25) is 0 Å². The highest BCUT2D eigenvalue weighted by atomic mass is 16.3. The van der Waals surface area contributed by atoms with Gasteiger partial charge in [0.1, 0.15) is 11.9 Å². The summed E-state index contributed by atoms with van der Waals surface area (Å²) in [5.41, 5.74) is 1.82. The molecule has 0 radical (unpaired) electrons. The summed E-state index contributed by atoms with van der Waals surface area (Å²) >= 11 is 0. The van der Waals surface area contributed by atoms with Gasteiger partial charge < -0.3 is 10.4 Å². The van der Waals surface area contributed by atoms with E-state index >= 15 is 0 Å². The van der Waals surface area contributed by atoms with Gasteiger partial charge in [0.15, 0.2) is 0 Å². The van der Waals surface area contributed by atoms with E-state index in [-0.39, 0.29) is 18.6 Å². The van der Waals surface area contributed by atoms with Crippen molar-refractivity contribution in [3.63, 3.8) is 0 Å². The molecule has 2 N–H and O–H groups in total. The van der Waals surface area contributed by atoms with Crippen LogP contribution in [-0.2, 0) is 6.54 Å². The Balaban J connectivity index is 1.71. The van der Waals surface area contributed by atoms with Crippen molar-refractivity contribution in [2.24, 2.45) is 5.92 Å². The first-order valence-corrected chi connectivity index (χ1v) is 8.29. The van der Waals surface area contributed by atoms with Crippen LogP contribution in [0.5, 0.6) is 0 Å². The second kappa shape index (κ2) is 7.91. The Kier molecular flexibility index (Phi) is 5.42. The molecule has 2 atom stereocenters. The van der Waals surface area contributed by atoms with E-state index in [1.807, 2.05) is 6.07 Å². The summed E-state index contributed by atoms with van der Waals surface area (Å²) in [6.45, 7) is 2.82. The number of benzene rings is 1. The average Bonchev–Trinajstić information content (AvgIpc) is 2.63. The predicted octanol–water partition coefficient (Wildman–Crippen LogP) is 2.25. The van der Waals surface area contributed by atoms with Crippen LogP contribution >= 0.6 is 0 Å². The molecule has 3 rings (SSSR count). The second-order valence-electron chi connectivity index (χ2n) is 6.21. The second-order valence-corrected chi connectivity index (χ2v) is 6.21. The van der Waals surface area contributed by atoms with Crippen molar-refractivity contribution in [2.45, 2.75) is 19.0 Å². The van der Waals surface area contributed by atoms with Crippen molar-refractivity contribution in [1.29, 1.82) is 5.26 Å². The summed E-state index contributed by atoms with van der Waals surface area (Å²) in [6, 6.07) is 16.2. The first kappa shape index (κ1) is 16.4. The molecule has 24 heavy (non-hydrogen) atoms. The van der Waals surface area contributed by atoms with Crippen molar-refractivity contribution in [3.05, 3.63) is 59.8 Å². The van der Waals surface area contributed by atoms with Gasteiger partial charge in [-0.1, -0.05) is 30.3 Å². The molecule has 0 amide bonds. The van der Waals surface area contributed by atoms with Crippen molar-refractivity contribution in [1.82, 2.24) is 9.88 Å². The number of pyridine rings is 1. The highest BCUT2D eigenvalue weighted by Crippen LogP contribution is 2.23. The third-order valence-electron chi connectivity index (χ3n) is 4.57. The van der Waals surface area contributed by atoms with Crippen LogP contribution in [0.2, 0.25) is 0 Å². The molecule has 1 aliphatic rings. The average molecular weight is 322 g/mol. The highest BCUT2D eigenvalue weighted by molar-refractivity contribution is 5.52. The van der Waals surface area contributed by atoms with Gasteiger partial charge in [-0.05, 0) is 30.7 Å². The molecule has 5 heteroatoms. The molecule has 1 aromatic heterocycles. The standard InChI is InChI=1S/C19H22N4O/c20-11-16-7-4-9-21-19(16)22-18-13-23(10-8-17(18)14-24)12-15-5-2-1-3-6-15/h1-7,9,17-18,24H,8,10,12-14H2,(H,21,22)/t17-,18-/m1/s1. The minimum absolute atomic E-state index is 0.0782. The highest BCUT2D eigenvalue weighted by Gasteiger charge is 2.29. The Morgan fingerprint density at radius 3 is 2.83 bits per heavy atom. The monoisotopic (exact) mass is 322 g/mol. The fourth-order valence-corrected chi connectivity index (χ4v) is 3.22. The summed E-state index contributed by atoms with van der Waals surface area (Å²) in [6.07, 6.45) is 2.61. The van der Waals surface area contributed by atoms with Crippen molar-refractivity contribution in [2.75, 3.05) is 25.0 Å². The number of nitrogens with one attached hydrogen (secondary N) is 1. The molecule has 5 nitrogen and oxygen atoms in total. The third-order valence-corrected chi connectivity index (χ3v) is 4.57. The van der Waals surface area contributed by atoms with E-state index in [9.17, 15) is 10.4 Å². The number of hydrogen-bond acceptors (Lipinski definition) is 5. The van der Waals surface area contributed by atoms with Crippen LogP contribution in [0.4, 0.5) is 5.82 Å². The van der Waals surface area contributed by atoms with Crippen LogP contribution in [0.25, 0.3) is 0 Å². The number of aliphatic hydroxyl groups excluding tert-OH is 1. The molecule has 0 saturated carbocycles. The normalized spacial score (nSPS) is 21.2. The summed E-state index contributed by atoms with van der Waals surface area (Å²) in [4.78, 5) is 6.67. The van der Waals surface area contributed by atoms with Crippen molar-refractivity contribution >= 4 is 5.82 Å². The maximum absolute atomic E-state index is 9.70. The van der Waals surface area contributed by atoms with Crippen LogP contribution in [0.3, 0.4) is 0 Å². The number of aliphatic hydroxyl groups is 1. The van der Waals surface area contributed by atoms with E-state index in [0.717, 1.165) is 26.1 Å². The molecule has 0 bridgehead atoms. The molecule has 1 fully saturated rings. The van der Waals surface area contributed by atoms with Crippen molar-refractivity contribution in [3.8, 4) is 6.07 Å². The SMILES string of the molecule is N#Cc1cccnc1N[C@@H]1CN(Cc2ccccc2)CC[C@@H]1CO. The Morgan fingerprint density at radius 1 is 1.25 bits per heavy atom. The lowest BCUT2D eigenvalue weighted by atomic mass is 9.91. The summed E-state index contributed by atoms with van der Waals surface area (Å²) in [7, 11) is 0. The van der Waals surface area contributed by atoms with Gasteiger partial charge in [0.25, 0.3) is 0 Å². The molecule has 0 unspecified atom stereocenters. The Morgan fingerprint density at radius 2 is 2.08 bits per heavy atom. The molecule has 0 spiro atoms. The van der Waals surface area contributed by atoms with E-state index in [1.165, 1.54) is 5.56 Å². The van der Waals surface area contributed by atoms with Crippen LogP contribution in [0.1, 0.15) is 17.5 Å². The zero-order valence-corrected chi connectivity index (χ0v) is 13.6. The quantitative estimate of drug-likeness (QED) is 0.883. The van der Waals surface area contributed by atoms with Gasteiger partial charge in [-0.2, -0.15) is 5.26 Å². The summed E-state index contributed by atoms with van der Waals surface area (Å²) in [5.74, 6) is 0.774. The van der Waals surface area contributed by atoms with Gasteiger partial charge in [0.05, 0.1) is 5.56 Å². The molecular weight excluding hydrogens is 300 g/mol. The van der Waals surface area contributed by atoms with Crippen LogP contribution in [0.15, 0.2) is 48.7 Å². The van der Waals surface area contributed by atoms with E-state index in [0.29, 0.717) is 11.4 Å². The van der Waals surface area contributed by atoms with E-state index in [4.69, 9.17) is 0 Å². The lowest BCUT2D eigenvalue weighted by molar-refractivity contribution is 0.115. The minimum Gasteiger partial charge on any atom is -0.396 e. The molecule has 0 aliphatic carbocycles. The molecule has 2 aromatic rings. The summed E-state index contributed by atoms with van der Waals surface area (Å²) < 4.78 is 0. The maximum Gasteiger partial charge on any atom is 0.144 e. The first-order valence-electron chi connectivity index (χ1n) is 8.29. The van der Waals surface area contributed by atoms with Gasteiger partial charge in [-0.25, -0.2) is 4.98 Å². The number of aromatic nitrogens is 1. The van der Waals surface area contributed by atoms with E-state index in [1.54, 1.807) is 18.3 Å². The first-order chi connectivity index (χ1) is 11.8. The number of piperidine rings is 1. The lowest BCUT2D eigenvalue weighted by Gasteiger charge is -2.38. The van der Waals surface area contributed by atoms with E-state index in [2.05, 4.69) is 45.5 Å². The minimum atomic E-state index is 0.0782. The largest absolute Gasteiger partial charge is 0.396 e. The third kappa shape index (κ3) is 3.91. The zero-order valence-electron chi connectivity index (χ0n) is 13.6. The lowest BCUT2D eigenvalue weighted by Crippen LogP contribution is -2.48. The molecule has 1 saturated heterocycles. The predicted molar refractivity (Wildman–Crippen MR) is 93.3 cm³/mol. The van der Waals surface area contributed by atoms with Gasteiger partial charge in [-0.15, -0.1) is 0 Å². The fourth-order valence-electron chi connectivity index (χ4n) is 3.22. The Bertz CT molecular complexity index is 698. The molecule has 1 aliphatic heterocycles.